The highest BCUT2D eigenvalue weighted by molar-refractivity contribution is 6.29. The van der Waals surface area contributed by atoms with Crippen LogP contribution in [-0.4, -0.2) is 19.9 Å². The van der Waals surface area contributed by atoms with Crippen LogP contribution in [0.4, 0.5) is 40.5 Å². The van der Waals surface area contributed by atoms with Crippen LogP contribution in [0.15, 0.2) is 109 Å². The number of halogens is 2. The summed E-state index contributed by atoms with van der Waals surface area (Å²) in [7, 11) is 0. The van der Waals surface area contributed by atoms with Crippen molar-refractivity contribution >= 4 is 76.6 Å². The van der Waals surface area contributed by atoms with Crippen molar-refractivity contribution < 1.29 is 0 Å². The van der Waals surface area contributed by atoms with E-state index in [2.05, 4.69) is 42.0 Å². The summed E-state index contributed by atoms with van der Waals surface area (Å²) in [4.78, 5) is 16.7. The zero-order valence-corrected chi connectivity index (χ0v) is 33.6. The van der Waals surface area contributed by atoms with Crippen LogP contribution in [0, 0.1) is 73.0 Å². The van der Waals surface area contributed by atoms with Gasteiger partial charge in [-0.25, -0.2) is 15.0 Å². The maximum atomic E-state index is 8.88. The molecule has 0 unspecified atom stereocenters. The van der Waals surface area contributed by atoms with Gasteiger partial charge in [-0.1, -0.05) is 11.6 Å². The van der Waals surface area contributed by atoms with Crippen LogP contribution in [0.25, 0.3) is 12.2 Å². The molecule has 58 heavy (non-hydrogen) atoms. The van der Waals surface area contributed by atoms with Crippen LogP contribution >= 0.6 is 24.0 Å². The number of nitriles is 4. The monoisotopic (exact) mass is 804 g/mol. The van der Waals surface area contributed by atoms with Crippen molar-refractivity contribution in [2.24, 2.45) is 0 Å². The second-order valence-corrected chi connectivity index (χ2v) is 12.6. The number of aromatic nitrogens is 4. The highest BCUT2D eigenvalue weighted by Gasteiger charge is 2.07. The van der Waals surface area contributed by atoms with Gasteiger partial charge in [-0.05, 0) is 158 Å². The number of nitrogens with one attached hydrogen (secondary N) is 3. The second-order valence-electron chi connectivity index (χ2n) is 12.2. The summed E-state index contributed by atoms with van der Waals surface area (Å²) in [5, 5.41) is 44.4. The molecule has 0 atom stereocenters. The van der Waals surface area contributed by atoms with E-state index in [-0.39, 0.29) is 12.4 Å². The first-order valence-corrected chi connectivity index (χ1v) is 17.6. The number of allylic oxidation sites excluding steroid dienone is 2. The van der Waals surface area contributed by atoms with Crippen molar-refractivity contribution in [2.45, 2.75) is 27.7 Å². The average Bonchev–Trinajstić information content (AvgIpc) is 3.21. The van der Waals surface area contributed by atoms with Crippen molar-refractivity contribution in [1.29, 1.82) is 21.0 Å². The number of aryl methyl sites for hydroxylation is 4. The Labute approximate surface area is 349 Å². The molecule has 288 valence electrons. The van der Waals surface area contributed by atoms with E-state index in [1.54, 1.807) is 73.1 Å². The molecular weight excluding hydrogens is 767 g/mol. The smallest absolute Gasteiger partial charge is 0.229 e. The van der Waals surface area contributed by atoms with Crippen LogP contribution in [0.1, 0.15) is 44.5 Å². The fourth-order valence-electron chi connectivity index (χ4n) is 5.19. The quantitative estimate of drug-likeness (QED) is 0.0643. The normalized spacial score (nSPS) is 9.88. The Kier molecular flexibility index (Phi) is 17.4. The number of nitrogens with zero attached hydrogens (tertiary/aromatic N) is 8. The maximum Gasteiger partial charge on any atom is 0.229 e. The minimum Gasteiger partial charge on any atom is -0.398 e. The zero-order chi connectivity index (χ0) is 41.2. The molecule has 14 heteroatoms. The standard InChI is InChI=1S/C22H18N6.C11H7ClN4.C11H12N2.ClH/c1-15-12-18(4-3-10-23)13-16(2)21(15)27-20-9-11-25-22(28-20)26-19-7-5-17(14-24)6-8-19;12-10-5-6-14-11(16-10)15-9-3-1-8(7-13)2-4-9;1-8-6-10(4-3-5-12)7-9(2)11(8)13;/h3-9,11-13H,1-2H3,(H2,25,26,27,28);1-6H,(H,14,15,16);3-4,6-7H,13H2,1-2H3;1H/b4-3+;;4-3+;. The minimum atomic E-state index is 0. The molecular formula is C44H38Cl2N12. The number of anilines is 7. The summed E-state index contributed by atoms with van der Waals surface area (Å²) >= 11 is 5.72. The summed E-state index contributed by atoms with van der Waals surface area (Å²) in [6, 6.07) is 33.5. The van der Waals surface area contributed by atoms with Crippen molar-refractivity contribution in [3.63, 3.8) is 0 Å². The Morgan fingerprint density at radius 1 is 0.586 bits per heavy atom. The van der Waals surface area contributed by atoms with Gasteiger partial charge in [-0.2, -0.15) is 26.0 Å². The van der Waals surface area contributed by atoms with E-state index >= 15 is 0 Å². The molecule has 0 spiro atoms. The molecule has 12 nitrogen and oxygen atoms in total. The van der Waals surface area contributed by atoms with Gasteiger partial charge in [0.1, 0.15) is 11.0 Å². The van der Waals surface area contributed by atoms with Gasteiger partial charge in [-0.15, -0.1) is 12.4 Å². The molecule has 0 saturated carbocycles. The predicted octanol–water partition coefficient (Wildman–Crippen LogP) is 10.6. The third kappa shape index (κ3) is 13.8. The van der Waals surface area contributed by atoms with E-state index in [1.165, 1.54) is 12.2 Å². The molecule has 0 radical (unpaired) electrons. The summed E-state index contributed by atoms with van der Waals surface area (Å²) in [6.45, 7) is 7.95. The van der Waals surface area contributed by atoms with Crippen LogP contribution in [0.3, 0.4) is 0 Å². The van der Waals surface area contributed by atoms with Crippen LogP contribution in [-0.2, 0) is 0 Å². The highest BCUT2D eigenvalue weighted by atomic mass is 35.5. The third-order valence-electron chi connectivity index (χ3n) is 7.94. The predicted molar refractivity (Wildman–Crippen MR) is 234 cm³/mol. The molecule has 0 fully saturated rings. The van der Waals surface area contributed by atoms with Gasteiger partial charge in [0.2, 0.25) is 11.9 Å². The van der Waals surface area contributed by atoms with Gasteiger partial charge >= 0.3 is 0 Å². The average molecular weight is 806 g/mol. The molecule has 2 aromatic heterocycles. The largest absolute Gasteiger partial charge is 0.398 e. The van der Waals surface area contributed by atoms with E-state index in [0.717, 1.165) is 56.1 Å². The lowest BCUT2D eigenvalue weighted by Gasteiger charge is -2.14. The first-order valence-electron chi connectivity index (χ1n) is 17.2. The van der Waals surface area contributed by atoms with Crippen molar-refractivity contribution in [3.8, 4) is 24.3 Å². The fraction of sp³-hybridized carbons (Fsp3) is 0.0909. The van der Waals surface area contributed by atoms with Crippen molar-refractivity contribution in [3.05, 3.63) is 159 Å². The third-order valence-corrected chi connectivity index (χ3v) is 8.15. The van der Waals surface area contributed by atoms with Crippen molar-refractivity contribution in [2.75, 3.05) is 21.7 Å². The fourth-order valence-corrected chi connectivity index (χ4v) is 5.33. The molecule has 2 heterocycles. The highest BCUT2D eigenvalue weighted by Crippen LogP contribution is 2.27. The molecule has 6 rings (SSSR count). The van der Waals surface area contributed by atoms with E-state index in [9.17, 15) is 0 Å². The lowest BCUT2D eigenvalue weighted by atomic mass is 10.0. The molecule has 0 aliphatic carbocycles. The molecule has 0 saturated heterocycles. The Bertz CT molecular complexity index is 2510. The van der Waals surface area contributed by atoms with E-state index in [1.807, 2.05) is 82.3 Å². The lowest BCUT2D eigenvalue weighted by Crippen LogP contribution is -2.02. The van der Waals surface area contributed by atoms with Crippen LogP contribution < -0.4 is 21.7 Å². The Morgan fingerprint density at radius 3 is 1.45 bits per heavy atom. The van der Waals surface area contributed by atoms with E-state index in [4.69, 9.17) is 38.4 Å². The van der Waals surface area contributed by atoms with Gasteiger partial charge in [0, 0.05) is 47.3 Å². The first kappa shape index (κ1) is 44.7. The molecule has 6 aromatic rings. The summed E-state index contributed by atoms with van der Waals surface area (Å²) in [6.07, 6.45) is 9.74. The summed E-state index contributed by atoms with van der Waals surface area (Å²) < 4.78 is 0. The Hall–Kier alpha value is -7.74. The molecule has 0 amide bonds. The van der Waals surface area contributed by atoms with Crippen LogP contribution in [0.2, 0.25) is 5.15 Å². The van der Waals surface area contributed by atoms with Crippen LogP contribution in [0.5, 0.6) is 0 Å². The van der Waals surface area contributed by atoms with Crippen molar-refractivity contribution in [1.82, 2.24) is 19.9 Å². The number of nitrogens with two attached hydrogens (primary N) is 1. The number of hydrogen-bond acceptors (Lipinski definition) is 12. The van der Waals surface area contributed by atoms with E-state index < -0.39 is 0 Å². The Balaban J connectivity index is 0.000000254. The number of rotatable bonds is 8. The number of hydrogen-bond donors (Lipinski definition) is 4. The topological polar surface area (TPSA) is 209 Å². The molecule has 0 aliphatic rings. The van der Waals surface area contributed by atoms with Gasteiger partial charge in [0.15, 0.2) is 0 Å². The zero-order valence-electron chi connectivity index (χ0n) is 32.0. The molecule has 0 aliphatic heterocycles. The minimum absolute atomic E-state index is 0. The number of nitrogen functional groups attached to an aromatic ring is 1. The lowest BCUT2D eigenvalue weighted by molar-refractivity contribution is 1.16. The first-order chi connectivity index (χ1) is 27.5. The molecule has 5 N–H and O–H groups in total. The molecule has 0 bridgehead atoms. The van der Waals surface area contributed by atoms with Gasteiger partial charge in [-0.3, -0.25) is 0 Å². The van der Waals surface area contributed by atoms with Gasteiger partial charge in [0.05, 0.1) is 35.4 Å². The summed E-state index contributed by atoms with van der Waals surface area (Å²) in [5.74, 6) is 1.55. The Morgan fingerprint density at radius 2 is 1.02 bits per heavy atom. The summed E-state index contributed by atoms with van der Waals surface area (Å²) in [5.41, 5.74) is 16.6. The maximum absolute atomic E-state index is 8.88. The van der Waals surface area contributed by atoms with Gasteiger partial charge < -0.3 is 21.7 Å². The van der Waals surface area contributed by atoms with E-state index in [0.29, 0.717) is 34.0 Å². The SMILES string of the molecule is Cc1cc(/C=C/C#N)cc(C)c1N.Cc1cc(/C=C/C#N)cc(C)c1Nc1ccnc(Nc2ccc(C#N)cc2)n1.Cl.N#Cc1ccc(Nc2nccc(Cl)n2)cc1. The number of benzene rings is 4. The van der Waals surface area contributed by atoms with Gasteiger partial charge in [0.25, 0.3) is 0 Å². The second kappa shape index (κ2) is 22.6. The molecule has 4 aromatic carbocycles.